The molecule has 67 heavy (non-hydrogen) atoms. The Labute approximate surface area is 382 Å². The number of nitrogens with one attached hydrogen (secondary N) is 1. The highest BCUT2D eigenvalue weighted by atomic mass is 19.1. The zero-order chi connectivity index (χ0) is 46.5. The summed E-state index contributed by atoms with van der Waals surface area (Å²) in [5.41, 5.74) is 8.28. The first-order valence-corrected chi connectivity index (χ1v) is 22.5. The number of benzene rings is 2. The van der Waals surface area contributed by atoms with Crippen LogP contribution in [0, 0.1) is 46.9 Å². The monoisotopic (exact) mass is 904 g/mol. The first kappa shape index (κ1) is 41.4. The van der Waals surface area contributed by atoms with Crippen LogP contribution in [0.25, 0.3) is 33.9 Å². The number of nitrogens with two attached hydrogens (primary N) is 1. The average Bonchev–Trinajstić information content (AvgIpc) is 4.00. The number of hydrogen-bond donors (Lipinski definition) is 2. The van der Waals surface area contributed by atoms with Gasteiger partial charge in [-0.2, -0.15) is 15.3 Å². The number of halogens is 4. The molecular formula is C50H44F4N12O. The maximum atomic E-state index is 17.8. The van der Waals surface area contributed by atoms with Gasteiger partial charge < -0.3 is 10.6 Å². The summed E-state index contributed by atoms with van der Waals surface area (Å²) in [6.07, 6.45) is 7.04. The molecular weight excluding hydrogens is 861 g/mol. The minimum Gasteiger partial charge on any atom is -0.369 e. The average molecular weight is 905 g/mol. The Morgan fingerprint density at radius 2 is 1.42 bits per heavy atom. The van der Waals surface area contributed by atoms with E-state index in [1.54, 1.807) is 36.8 Å². The molecule has 3 N–H and O–H groups in total. The molecule has 1 saturated heterocycles. The third kappa shape index (κ3) is 5.36. The molecule has 0 radical (unpaired) electrons. The molecule has 338 valence electrons. The lowest BCUT2D eigenvalue weighted by Gasteiger charge is -2.40. The Hall–Kier alpha value is -7.04. The second kappa shape index (κ2) is 14.0. The normalized spacial score (nSPS) is 25.0. The Morgan fingerprint density at radius 3 is 2.12 bits per heavy atom. The molecule has 1 amide bonds. The van der Waals surface area contributed by atoms with Gasteiger partial charge in [0.15, 0.2) is 5.82 Å². The van der Waals surface area contributed by atoms with Gasteiger partial charge in [0.2, 0.25) is 11.9 Å². The van der Waals surface area contributed by atoms with Crippen LogP contribution in [0.4, 0.5) is 23.5 Å². The molecule has 1 unspecified atom stereocenters. The van der Waals surface area contributed by atoms with Crippen LogP contribution < -0.4 is 10.6 Å². The molecule has 2 aromatic carbocycles. The SMILES string of the molecule is Cc1n[nH]cc1-c1nccc([C@@]23CC[C@@H](c4cc(-c5c(F)ccc(C6C[C@]7(c8ccnc(N9CC(C(N)=O)C9)n8)c8nnc(-c9c(F)cccc9F)cc8[C@H]6C7(C)C)c5F)nnc42)C3(C)C)n1. The van der Waals surface area contributed by atoms with E-state index in [0.717, 1.165) is 53.2 Å². The highest BCUT2D eigenvalue weighted by molar-refractivity contribution is 5.80. The molecule has 0 spiro atoms. The van der Waals surface area contributed by atoms with Crippen LogP contribution in [0.5, 0.6) is 0 Å². The molecule has 4 bridgehead atoms. The molecule has 6 heterocycles. The van der Waals surface area contributed by atoms with Gasteiger partial charge in [-0.15, -0.1) is 10.2 Å². The number of H-pyrrole nitrogens is 1. The minimum atomic E-state index is -1.02. The largest absolute Gasteiger partial charge is 0.369 e. The first-order chi connectivity index (χ1) is 32.1. The lowest BCUT2D eigenvalue weighted by Crippen LogP contribution is -2.53. The van der Waals surface area contributed by atoms with Crippen LogP contribution in [-0.2, 0) is 15.6 Å². The zero-order valence-corrected chi connectivity index (χ0v) is 37.2. The van der Waals surface area contributed by atoms with Gasteiger partial charge in [0.25, 0.3) is 0 Å². The summed E-state index contributed by atoms with van der Waals surface area (Å²) in [6.45, 7) is 11.1. The van der Waals surface area contributed by atoms with Crippen LogP contribution in [0.3, 0.4) is 0 Å². The van der Waals surface area contributed by atoms with Crippen molar-refractivity contribution in [3.63, 3.8) is 0 Å². The molecule has 12 rings (SSSR count). The van der Waals surface area contributed by atoms with Crippen molar-refractivity contribution in [3.05, 3.63) is 142 Å². The minimum absolute atomic E-state index is 0.00754. The molecule has 2 saturated carbocycles. The number of fused-ring (bicyclic) bond motifs is 10. The van der Waals surface area contributed by atoms with Crippen LogP contribution in [0.2, 0.25) is 0 Å². The van der Waals surface area contributed by atoms with E-state index >= 15 is 17.6 Å². The Kier molecular flexibility index (Phi) is 8.65. The van der Waals surface area contributed by atoms with Gasteiger partial charge in [-0.1, -0.05) is 39.8 Å². The molecule has 7 aromatic rings. The van der Waals surface area contributed by atoms with Gasteiger partial charge in [0.05, 0.1) is 73.3 Å². The number of aromatic amines is 1. The molecule has 13 nitrogen and oxygen atoms in total. The maximum Gasteiger partial charge on any atom is 0.225 e. The number of aromatic nitrogens is 10. The van der Waals surface area contributed by atoms with Crippen molar-refractivity contribution in [1.82, 2.24) is 50.5 Å². The van der Waals surface area contributed by atoms with Crippen LogP contribution >= 0.6 is 0 Å². The standard InChI is InChI=1S/C50H44F4N12O/c1-23-29(20-58-61-23)45-56-15-12-36(59-45)49-14-11-30(47(49,2)3)26-17-35(63-64-42(26)49)39-33(53)10-9-25(41(39)54)28-19-50(37-13-16-57-46(60-37)66-21-24(22-66)44(55)67)43-27(40(28)48(50,4)5)18-34(62-65-43)38-31(51)7-6-8-32(38)52/h6-10,12-13,15-18,20,24,28,30,40H,11,14,19,21-22H2,1-5H3,(H2,55,67)(H,58,61)/t28?,30-,40+,49-,50-/m0/s1. The Morgan fingerprint density at radius 1 is 0.761 bits per heavy atom. The van der Waals surface area contributed by atoms with E-state index in [-0.39, 0.29) is 51.7 Å². The predicted octanol–water partition coefficient (Wildman–Crippen LogP) is 8.16. The summed E-state index contributed by atoms with van der Waals surface area (Å²) in [5.74, 6) is -4.06. The van der Waals surface area contributed by atoms with Gasteiger partial charge in [0.1, 0.15) is 23.3 Å². The third-order valence-corrected chi connectivity index (χ3v) is 16.6. The number of aryl methyl sites for hydroxylation is 1. The molecule has 5 aromatic heterocycles. The van der Waals surface area contributed by atoms with Crippen LogP contribution in [0.1, 0.15) is 110 Å². The van der Waals surface area contributed by atoms with Crippen molar-refractivity contribution in [2.75, 3.05) is 18.0 Å². The highest BCUT2D eigenvalue weighted by Gasteiger charge is 2.69. The molecule has 4 aliphatic carbocycles. The van der Waals surface area contributed by atoms with Crippen molar-refractivity contribution in [1.29, 1.82) is 0 Å². The number of anilines is 1. The van der Waals surface area contributed by atoms with Crippen molar-refractivity contribution < 1.29 is 22.4 Å². The van der Waals surface area contributed by atoms with E-state index in [4.69, 9.17) is 25.9 Å². The number of nitrogens with zero attached hydrogens (tertiary/aromatic N) is 10. The first-order valence-electron chi connectivity index (χ1n) is 22.5. The fourth-order valence-electron chi connectivity index (χ4n) is 13.1. The number of hydrogen-bond acceptors (Lipinski definition) is 11. The van der Waals surface area contributed by atoms with E-state index in [0.29, 0.717) is 41.8 Å². The molecule has 17 heteroatoms. The molecule has 5 aliphatic rings. The molecule has 3 fully saturated rings. The quantitative estimate of drug-likeness (QED) is 0.141. The highest BCUT2D eigenvalue weighted by Crippen LogP contribution is 2.74. The van der Waals surface area contributed by atoms with E-state index in [2.05, 4.69) is 58.1 Å². The summed E-state index contributed by atoms with van der Waals surface area (Å²) in [7, 11) is 0. The fourth-order valence-corrected chi connectivity index (χ4v) is 13.1. The van der Waals surface area contributed by atoms with Gasteiger partial charge in [-0.25, -0.2) is 37.5 Å². The fraction of sp³-hybridized carbons (Fsp3) is 0.360. The number of amides is 1. The number of carbonyl (C=O) groups excluding carboxylic acids is 1. The second-order valence-corrected chi connectivity index (χ2v) is 20.0. The number of carbonyl (C=O) groups is 1. The van der Waals surface area contributed by atoms with Gasteiger partial charge in [-0.3, -0.25) is 9.89 Å². The lowest BCUT2D eigenvalue weighted by atomic mass is 9.66. The Bertz CT molecular complexity index is 3240. The number of rotatable bonds is 8. The van der Waals surface area contributed by atoms with Gasteiger partial charge in [0, 0.05) is 31.7 Å². The predicted molar refractivity (Wildman–Crippen MR) is 237 cm³/mol. The third-order valence-electron chi connectivity index (χ3n) is 16.6. The maximum absolute atomic E-state index is 17.8. The summed E-state index contributed by atoms with van der Waals surface area (Å²) in [5, 5.41) is 25.7. The van der Waals surface area contributed by atoms with Crippen molar-refractivity contribution in [2.24, 2.45) is 22.5 Å². The Balaban J connectivity index is 0.980. The van der Waals surface area contributed by atoms with Crippen molar-refractivity contribution >= 4 is 11.9 Å². The summed E-state index contributed by atoms with van der Waals surface area (Å²) in [4.78, 5) is 33.0. The van der Waals surface area contributed by atoms with Crippen molar-refractivity contribution in [3.8, 4) is 33.9 Å². The van der Waals surface area contributed by atoms with E-state index < -0.39 is 57.3 Å². The van der Waals surface area contributed by atoms with Crippen LogP contribution in [-0.4, -0.2) is 69.5 Å². The lowest BCUT2D eigenvalue weighted by molar-refractivity contribution is -0.122. The molecule has 5 atom stereocenters. The summed E-state index contributed by atoms with van der Waals surface area (Å²) < 4.78 is 65.0. The zero-order valence-electron chi connectivity index (χ0n) is 37.2. The summed E-state index contributed by atoms with van der Waals surface area (Å²) in [6, 6.07) is 13.5. The number of primary amides is 1. The van der Waals surface area contributed by atoms with Crippen molar-refractivity contribution in [2.45, 2.75) is 82.5 Å². The smallest absolute Gasteiger partial charge is 0.225 e. The molecule has 1 aliphatic heterocycles. The van der Waals surface area contributed by atoms with E-state index in [9.17, 15) is 4.79 Å². The van der Waals surface area contributed by atoms with E-state index in [1.807, 2.05) is 17.9 Å². The topological polar surface area (TPSA) is 178 Å². The van der Waals surface area contributed by atoms with Gasteiger partial charge in [-0.05, 0) is 114 Å². The summed E-state index contributed by atoms with van der Waals surface area (Å²) >= 11 is 0. The second-order valence-electron chi connectivity index (χ2n) is 20.0. The van der Waals surface area contributed by atoms with Gasteiger partial charge >= 0.3 is 0 Å². The van der Waals surface area contributed by atoms with Crippen LogP contribution in [0.15, 0.2) is 73.2 Å². The van der Waals surface area contributed by atoms with E-state index in [1.165, 1.54) is 18.2 Å².